The largest absolute Gasteiger partial charge is 0.322 e. The number of rotatable bonds is 4. The smallest absolute Gasteiger partial charge is 0.123 e. The molecule has 0 saturated carbocycles. The summed E-state index contributed by atoms with van der Waals surface area (Å²) in [4.78, 5) is 0. The van der Waals surface area contributed by atoms with E-state index in [1.807, 2.05) is 17.7 Å². The summed E-state index contributed by atoms with van der Waals surface area (Å²) in [5.41, 5.74) is 8.02. The van der Waals surface area contributed by atoms with Gasteiger partial charge in [0.05, 0.1) is 22.4 Å². The van der Waals surface area contributed by atoms with Crippen molar-refractivity contribution in [3.8, 4) is 0 Å². The van der Waals surface area contributed by atoms with Crippen molar-refractivity contribution in [1.82, 2.24) is 9.78 Å². The molecule has 0 radical (unpaired) electrons. The summed E-state index contributed by atoms with van der Waals surface area (Å²) in [6, 6.07) is 6.32. The Bertz CT molecular complexity index is 539. The van der Waals surface area contributed by atoms with Gasteiger partial charge in [0, 0.05) is 6.54 Å². The average Bonchev–Trinajstić information content (AvgIpc) is 2.70. The summed E-state index contributed by atoms with van der Waals surface area (Å²) in [5.74, 6) is -0.234. The predicted octanol–water partition coefficient (Wildman–Crippen LogP) is 3.05. The van der Waals surface area contributed by atoms with Crippen LogP contribution in [0.3, 0.4) is 0 Å². The molecule has 0 fully saturated rings. The molecule has 5 heteroatoms. The van der Waals surface area contributed by atoms with E-state index in [0.717, 1.165) is 22.3 Å². The highest BCUT2D eigenvalue weighted by Gasteiger charge is 2.16. The summed E-state index contributed by atoms with van der Waals surface area (Å²) in [6.45, 7) is 2.77. The Morgan fingerprint density at radius 2 is 2.28 bits per heavy atom. The van der Waals surface area contributed by atoms with E-state index < -0.39 is 0 Å². The van der Waals surface area contributed by atoms with E-state index in [0.29, 0.717) is 6.42 Å². The quantitative estimate of drug-likeness (QED) is 0.943. The molecule has 2 rings (SSSR count). The van der Waals surface area contributed by atoms with Crippen LogP contribution in [0.1, 0.15) is 24.2 Å². The standard InChI is InChI=1S/C13H15BrFN3/c1-2-18-13(11(14)8-17-18)12(16)7-9-4-3-5-10(15)6-9/h3-6,8,12H,2,7,16H2,1H3. The summed E-state index contributed by atoms with van der Waals surface area (Å²) in [7, 11) is 0. The van der Waals surface area contributed by atoms with E-state index in [1.54, 1.807) is 12.3 Å². The lowest BCUT2D eigenvalue weighted by molar-refractivity contribution is 0.564. The monoisotopic (exact) mass is 311 g/mol. The van der Waals surface area contributed by atoms with Crippen LogP contribution in [0.4, 0.5) is 4.39 Å². The molecular weight excluding hydrogens is 297 g/mol. The van der Waals surface area contributed by atoms with Crippen LogP contribution >= 0.6 is 15.9 Å². The van der Waals surface area contributed by atoms with Crippen LogP contribution in [0, 0.1) is 5.82 Å². The summed E-state index contributed by atoms with van der Waals surface area (Å²) >= 11 is 3.45. The van der Waals surface area contributed by atoms with Crippen molar-refractivity contribution in [2.24, 2.45) is 5.73 Å². The van der Waals surface area contributed by atoms with Gasteiger partial charge in [-0.15, -0.1) is 0 Å². The highest BCUT2D eigenvalue weighted by atomic mass is 79.9. The number of nitrogens with two attached hydrogens (primary N) is 1. The van der Waals surface area contributed by atoms with Crippen molar-refractivity contribution < 1.29 is 4.39 Å². The Morgan fingerprint density at radius 3 is 2.94 bits per heavy atom. The molecule has 2 aromatic rings. The molecule has 96 valence electrons. The average molecular weight is 312 g/mol. The Balaban J connectivity index is 2.21. The van der Waals surface area contributed by atoms with Gasteiger partial charge in [-0.3, -0.25) is 4.68 Å². The molecule has 3 nitrogen and oxygen atoms in total. The second-order valence-corrected chi connectivity index (χ2v) is 4.99. The van der Waals surface area contributed by atoms with Gasteiger partial charge in [-0.05, 0) is 47.0 Å². The number of benzene rings is 1. The van der Waals surface area contributed by atoms with Crippen LogP contribution in [0.25, 0.3) is 0 Å². The van der Waals surface area contributed by atoms with Gasteiger partial charge in [-0.1, -0.05) is 12.1 Å². The predicted molar refractivity (Wildman–Crippen MR) is 72.6 cm³/mol. The van der Waals surface area contributed by atoms with Gasteiger partial charge in [-0.25, -0.2) is 4.39 Å². The highest BCUT2D eigenvalue weighted by Crippen LogP contribution is 2.24. The lowest BCUT2D eigenvalue weighted by atomic mass is 10.0. The molecule has 1 aromatic heterocycles. The van der Waals surface area contributed by atoms with E-state index in [1.165, 1.54) is 12.1 Å². The maximum atomic E-state index is 13.1. The fourth-order valence-electron chi connectivity index (χ4n) is 2.01. The molecule has 0 aliphatic heterocycles. The van der Waals surface area contributed by atoms with Crippen LogP contribution in [-0.4, -0.2) is 9.78 Å². The van der Waals surface area contributed by atoms with Gasteiger partial charge in [0.2, 0.25) is 0 Å². The third-order valence-electron chi connectivity index (χ3n) is 2.83. The van der Waals surface area contributed by atoms with Gasteiger partial charge in [0.1, 0.15) is 5.82 Å². The molecule has 0 aliphatic rings. The fourth-order valence-corrected chi connectivity index (χ4v) is 2.60. The molecule has 1 unspecified atom stereocenters. The van der Waals surface area contributed by atoms with Crippen molar-refractivity contribution in [3.05, 3.63) is 52.0 Å². The Kier molecular flexibility index (Phi) is 4.14. The van der Waals surface area contributed by atoms with Crippen LogP contribution in [0.5, 0.6) is 0 Å². The summed E-state index contributed by atoms with van der Waals surface area (Å²) < 4.78 is 15.9. The first kappa shape index (κ1) is 13.2. The molecule has 0 bridgehead atoms. The van der Waals surface area contributed by atoms with Crippen molar-refractivity contribution >= 4 is 15.9 Å². The Morgan fingerprint density at radius 1 is 1.50 bits per heavy atom. The molecule has 18 heavy (non-hydrogen) atoms. The number of hydrogen-bond acceptors (Lipinski definition) is 2. The molecule has 1 heterocycles. The minimum atomic E-state index is -0.234. The number of hydrogen-bond donors (Lipinski definition) is 1. The van der Waals surface area contributed by atoms with E-state index in [-0.39, 0.29) is 11.9 Å². The van der Waals surface area contributed by atoms with Gasteiger partial charge >= 0.3 is 0 Å². The Labute approximate surface area is 114 Å². The summed E-state index contributed by atoms with van der Waals surface area (Å²) in [6.07, 6.45) is 2.33. The molecule has 1 aromatic carbocycles. The third-order valence-corrected chi connectivity index (χ3v) is 3.44. The van der Waals surface area contributed by atoms with Crippen molar-refractivity contribution in [2.45, 2.75) is 25.9 Å². The van der Waals surface area contributed by atoms with E-state index in [4.69, 9.17) is 5.73 Å². The van der Waals surface area contributed by atoms with Crippen molar-refractivity contribution in [2.75, 3.05) is 0 Å². The fraction of sp³-hybridized carbons (Fsp3) is 0.308. The molecule has 0 amide bonds. The molecular formula is C13H15BrFN3. The van der Waals surface area contributed by atoms with Gasteiger partial charge in [0.15, 0.2) is 0 Å². The number of aryl methyl sites for hydroxylation is 1. The molecule has 2 N–H and O–H groups in total. The Hall–Kier alpha value is -1.20. The van der Waals surface area contributed by atoms with E-state index >= 15 is 0 Å². The van der Waals surface area contributed by atoms with Crippen molar-refractivity contribution in [3.63, 3.8) is 0 Å². The van der Waals surface area contributed by atoms with Crippen LogP contribution in [-0.2, 0) is 13.0 Å². The number of nitrogens with zero attached hydrogens (tertiary/aromatic N) is 2. The number of halogens is 2. The van der Waals surface area contributed by atoms with Gasteiger partial charge in [-0.2, -0.15) is 5.10 Å². The van der Waals surface area contributed by atoms with Crippen LogP contribution in [0.2, 0.25) is 0 Å². The zero-order valence-electron chi connectivity index (χ0n) is 10.1. The first-order valence-corrected chi connectivity index (χ1v) is 6.62. The number of aromatic nitrogens is 2. The normalized spacial score (nSPS) is 12.7. The molecule has 0 spiro atoms. The van der Waals surface area contributed by atoms with Crippen LogP contribution < -0.4 is 5.73 Å². The second-order valence-electron chi connectivity index (χ2n) is 4.13. The maximum Gasteiger partial charge on any atom is 0.123 e. The topological polar surface area (TPSA) is 43.8 Å². The lowest BCUT2D eigenvalue weighted by Crippen LogP contribution is -2.18. The van der Waals surface area contributed by atoms with E-state index in [2.05, 4.69) is 21.0 Å². The molecule has 0 saturated heterocycles. The first-order chi connectivity index (χ1) is 8.61. The molecule has 0 aliphatic carbocycles. The SMILES string of the molecule is CCn1ncc(Br)c1C(N)Cc1cccc(F)c1. The highest BCUT2D eigenvalue weighted by molar-refractivity contribution is 9.10. The zero-order valence-corrected chi connectivity index (χ0v) is 11.7. The summed E-state index contributed by atoms with van der Waals surface area (Å²) in [5, 5.41) is 4.23. The minimum Gasteiger partial charge on any atom is -0.322 e. The lowest BCUT2D eigenvalue weighted by Gasteiger charge is -2.14. The van der Waals surface area contributed by atoms with Crippen molar-refractivity contribution in [1.29, 1.82) is 0 Å². The second kappa shape index (κ2) is 5.63. The molecule has 1 atom stereocenters. The zero-order chi connectivity index (χ0) is 13.1. The third kappa shape index (κ3) is 2.79. The van der Waals surface area contributed by atoms with E-state index in [9.17, 15) is 4.39 Å². The minimum absolute atomic E-state index is 0.205. The van der Waals surface area contributed by atoms with Gasteiger partial charge < -0.3 is 5.73 Å². The van der Waals surface area contributed by atoms with Crippen LogP contribution in [0.15, 0.2) is 34.9 Å². The van der Waals surface area contributed by atoms with Gasteiger partial charge in [0.25, 0.3) is 0 Å². The first-order valence-electron chi connectivity index (χ1n) is 5.83. The maximum absolute atomic E-state index is 13.1.